The SMILES string of the molecule is CN=C(NCc1ccccc1OC(F)F)N1CCOC(C2CCCO2)C1. The minimum absolute atomic E-state index is 0.0271. The molecule has 0 aromatic heterocycles. The molecule has 2 atom stereocenters. The number of rotatable bonds is 5. The molecule has 144 valence electrons. The van der Waals surface area contributed by atoms with Crippen molar-refractivity contribution in [1.29, 1.82) is 0 Å². The van der Waals surface area contributed by atoms with Crippen molar-refractivity contribution in [3.63, 3.8) is 0 Å². The molecule has 2 heterocycles. The summed E-state index contributed by atoms with van der Waals surface area (Å²) < 4.78 is 41.3. The molecule has 26 heavy (non-hydrogen) atoms. The first-order valence-electron chi connectivity index (χ1n) is 8.89. The van der Waals surface area contributed by atoms with E-state index in [9.17, 15) is 8.78 Å². The van der Waals surface area contributed by atoms with Crippen LogP contribution in [0.4, 0.5) is 8.78 Å². The normalized spacial score (nSPS) is 24.2. The molecule has 2 unspecified atom stereocenters. The summed E-state index contributed by atoms with van der Waals surface area (Å²) in [7, 11) is 1.71. The molecule has 2 aliphatic heterocycles. The van der Waals surface area contributed by atoms with Crippen molar-refractivity contribution in [1.82, 2.24) is 10.2 Å². The van der Waals surface area contributed by atoms with Crippen molar-refractivity contribution < 1.29 is 23.0 Å². The molecule has 1 aromatic carbocycles. The summed E-state index contributed by atoms with van der Waals surface area (Å²) in [4.78, 5) is 6.44. The molecule has 0 saturated carbocycles. The number of hydrogen-bond acceptors (Lipinski definition) is 4. The highest BCUT2D eigenvalue weighted by atomic mass is 19.3. The van der Waals surface area contributed by atoms with Gasteiger partial charge >= 0.3 is 6.61 Å². The van der Waals surface area contributed by atoms with Gasteiger partial charge in [0.2, 0.25) is 0 Å². The van der Waals surface area contributed by atoms with Crippen LogP contribution in [0.2, 0.25) is 0 Å². The molecule has 2 saturated heterocycles. The second-order valence-electron chi connectivity index (χ2n) is 6.29. The van der Waals surface area contributed by atoms with E-state index in [1.807, 2.05) is 0 Å². The van der Waals surface area contributed by atoms with Gasteiger partial charge in [0.1, 0.15) is 11.9 Å². The van der Waals surface area contributed by atoms with Crippen LogP contribution >= 0.6 is 0 Å². The molecule has 6 nitrogen and oxygen atoms in total. The third kappa shape index (κ3) is 4.82. The van der Waals surface area contributed by atoms with Crippen LogP contribution in [0.15, 0.2) is 29.3 Å². The molecule has 0 radical (unpaired) electrons. The number of nitrogens with zero attached hydrogens (tertiary/aromatic N) is 2. The lowest BCUT2D eigenvalue weighted by Gasteiger charge is -2.37. The summed E-state index contributed by atoms with van der Waals surface area (Å²) >= 11 is 0. The number of ether oxygens (including phenoxy) is 3. The van der Waals surface area contributed by atoms with Gasteiger partial charge in [0.25, 0.3) is 0 Å². The van der Waals surface area contributed by atoms with Crippen molar-refractivity contribution >= 4 is 5.96 Å². The number of morpholine rings is 1. The molecular formula is C18H25F2N3O3. The van der Waals surface area contributed by atoms with Crippen LogP contribution in [-0.2, 0) is 16.0 Å². The topological polar surface area (TPSA) is 55.3 Å². The molecule has 2 fully saturated rings. The lowest BCUT2D eigenvalue weighted by Crippen LogP contribution is -2.53. The van der Waals surface area contributed by atoms with Gasteiger partial charge < -0.3 is 24.4 Å². The minimum Gasteiger partial charge on any atom is -0.434 e. The number of alkyl halides is 2. The molecular weight excluding hydrogens is 344 g/mol. The van der Waals surface area contributed by atoms with Gasteiger partial charge in [0.05, 0.1) is 12.7 Å². The van der Waals surface area contributed by atoms with Crippen molar-refractivity contribution in [3.8, 4) is 5.75 Å². The first-order chi connectivity index (χ1) is 12.7. The van der Waals surface area contributed by atoms with E-state index >= 15 is 0 Å². The van der Waals surface area contributed by atoms with E-state index in [-0.39, 0.29) is 18.0 Å². The zero-order valence-electron chi connectivity index (χ0n) is 14.9. The van der Waals surface area contributed by atoms with Gasteiger partial charge in [-0.1, -0.05) is 18.2 Å². The quantitative estimate of drug-likeness (QED) is 0.637. The summed E-state index contributed by atoms with van der Waals surface area (Å²) in [6.07, 6.45) is 2.25. The van der Waals surface area contributed by atoms with E-state index in [2.05, 4.69) is 19.9 Å². The van der Waals surface area contributed by atoms with Crippen molar-refractivity contribution in [2.45, 2.75) is 38.2 Å². The number of nitrogens with one attached hydrogen (secondary N) is 1. The molecule has 2 aliphatic rings. The minimum atomic E-state index is -2.85. The Kier molecular flexibility index (Phi) is 6.62. The summed E-state index contributed by atoms with van der Waals surface area (Å²) in [6.45, 7) is 0.311. The van der Waals surface area contributed by atoms with E-state index in [4.69, 9.17) is 9.47 Å². The van der Waals surface area contributed by atoms with E-state index < -0.39 is 6.61 Å². The molecule has 0 spiro atoms. The van der Waals surface area contributed by atoms with E-state index in [0.717, 1.165) is 26.0 Å². The first-order valence-corrected chi connectivity index (χ1v) is 8.89. The first kappa shape index (κ1) is 18.8. The predicted octanol–water partition coefficient (Wildman–Crippen LogP) is 2.24. The number of benzene rings is 1. The van der Waals surface area contributed by atoms with Crippen LogP contribution in [0.3, 0.4) is 0 Å². The van der Waals surface area contributed by atoms with Gasteiger partial charge in [0.15, 0.2) is 5.96 Å². The molecule has 1 N–H and O–H groups in total. The molecule has 8 heteroatoms. The van der Waals surface area contributed by atoms with Crippen LogP contribution in [0.25, 0.3) is 0 Å². The highest BCUT2D eigenvalue weighted by Crippen LogP contribution is 2.22. The lowest BCUT2D eigenvalue weighted by molar-refractivity contribution is -0.0817. The Bertz CT molecular complexity index is 609. The summed E-state index contributed by atoms with van der Waals surface area (Å²) in [5.41, 5.74) is 0.651. The molecule has 0 amide bonds. The van der Waals surface area contributed by atoms with Gasteiger partial charge in [-0.25, -0.2) is 0 Å². The van der Waals surface area contributed by atoms with Gasteiger partial charge in [0, 0.05) is 38.9 Å². The molecule has 3 rings (SSSR count). The fraction of sp³-hybridized carbons (Fsp3) is 0.611. The fourth-order valence-electron chi connectivity index (χ4n) is 3.36. The summed E-state index contributed by atoms with van der Waals surface area (Å²) in [6, 6.07) is 6.76. The average molecular weight is 369 g/mol. The monoisotopic (exact) mass is 369 g/mol. The lowest BCUT2D eigenvalue weighted by atomic mass is 10.1. The highest BCUT2D eigenvalue weighted by molar-refractivity contribution is 5.80. The van der Waals surface area contributed by atoms with E-state index in [1.165, 1.54) is 6.07 Å². The smallest absolute Gasteiger partial charge is 0.387 e. The number of para-hydroxylation sites is 1. The van der Waals surface area contributed by atoms with Gasteiger partial charge in [-0.05, 0) is 18.9 Å². The summed E-state index contributed by atoms with van der Waals surface area (Å²) in [5, 5.41) is 3.23. The van der Waals surface area contributed by atoms with E-state index in [0.29, 0.717) is 31.2 Å². The third-order valence-electron chi connectivity index (χ3n) is 4.61. The average Bonchev–Trinajstić information content (AvgIpc) is 3.18. The van der Waals surface area contributed by atoms with Crippen LogP contribution < -0.4 is 10.1 Å². The zero-order chi connectivity index (χ0) is 18.4. The Hall–Kier alpha value is -1.93. The van der Waals surface area contributed by atoms with Gasteiger partial charge in [-0.3, -0.25) is 4.99 Å². The second-order valence-corrected chi connectivity index (χ2v) is 6.29. The molecule has 1 aromatic rings. The van der Waals surface area contributed by atoms with E-state index in [1.54, 1.807) is 25.2 Å². The largest absolute Gasteiger partial charge is 0.434 e. The fourth-order valence-corrected chi connectivity index (χ4v) is 3.36. The zero-order valence-corrected chi connectivity index (χ0v) is 14.9. The van der Waals surface area contributed by atoms with Crippen LogP contribution in [0.1, 0.15) is 18.4 Å². The Morgan fingerprint density at radius 1 is 1.31 bits per heavy atom. The standard InChI is InChI=1S/C18H25F2N3O3/c1-21-18(22-11-13-5-2-3-6-14(13)26-17(19)20)23-8-10-25-16(12-23)15-7-4-9-24-15/h2-3,5-6,15-17H,4,7-12H2,1H3,(H,21,22). The van der Waals surface area contributed by atoms with Gasteiger partial charge in [-0.15, -0.1) is 0 Å². The number of halogens is 2. The predicted molar refractivity (Wildman–Crippen MR) is 93.6 cm³/mol. The summed E-state index contributed by atoms with van der Waals surface area (Å²) in [5.74, 6) is 0.882. The number of hydrogen-bond donors (Lipinski definition) is 1. The van der Waals surface area contributed by atoms with Crippen molar-refractivity contribution in [3.05, 3.63) is 29.8 Å². The second kappa shape index (κ2) is 9.14. The molecule has 0 bridgehead atoms. The Morgan fingerprint density at radius 3 is 2.85 bits per heavy atom. The Balaban J connectivity index is 1.59. The maximum atomic E-state index is 12.5. The highest BCUT2D eigenvalue weighted by Gasteiger charge is 2.32. The van der Waals surface area contributed by atoms with Crippen LogP contribution in [0, 0.1) is 0 Å². The van der Waals surface area contributed by atoms with Crippen molar-refractivity contribution in [2.75, 3.05) is 33.4 Å². The van der Waals surface area contributed by atoms with Crippen LogP contribution in [0.5, 0.6) is 5.75 Å². The molecule has 0 aliphatic carbocycles. The maximum absolute atomic E-state index is 12.5. The number of guanidine groups is 1. The Morgan fingerprint density at radius 2 is 2.12 bits per heavy atom. The van der Waals surface area contributed by atoms with Gasteiger partial charge in [-0.2, -0.15) is 8.78 Å². The third-order valence-corrected chi connectivity index (χ3v) is 4.61. The Labute approximate surface area is 152 Å². The van der Waals surface area contributed by atoms with Crippen molar-refractivity contribution in [2.24, 2.45) is 4.99 Å². The number of aliphatic imine (C=N–C) groups is 1. The van der Waals surface area contributed by atoms with Crippen LogP contribution in [-0.4, -0.2) is 63.0 Å². The maximum Gasteiger partial charge on any atom is 0.387 e.